The lowest BCUT2D eigenvalue weighted by Crippen LogP contribution is -2.17. The highest BCUT2D eigenvalue weighted by molar-refractivity contribution is 7.88. The van der Waals surface area contributed by atoms with Crippen LogP contribution in [-0.2, 0) is 20.8 Å². The van der Waals surface area contributed by atoms with Crippen LogP contribution in [0.1, 0.15) is 0 Å². The average molecular weight is 250 g/mol. The van der Waals surface area contributed by atoms with Crippen LogP contribution >= 0.6 is 0 Å². The summed E-state index contributed by atoms with van der Waals surface area (Å²) in [6.45, 7) is 0. The third kappa shape index (κ3) is 4.80. The Hall–Kier alpha value is -1.08. The number of hydrogen-bond donors (Lipinski definition) is 1. The molecule has 0 aromatic heterocycles. The highest BCUT2D eigenvalue weighted by atomic mass is 32.2. The second-order valence-corrected chi connectivity index (χ2v) is 5.52. The molecular weight excluding hydrogens is 240 g/mol. The second-order valence-electron chi connectivity index (χ2n) is 2.71. The molecule has 0 bridgehead atoms. The molecule has 0 fully saturated rings. The summed E-state index contributed by atoms with van der Waals surface area (Å²) in [5.74, 6) is -0.774. The molecule has 15 heavy (non-hydrogen) atoms. The molecule has 0 spiro atoms. The normalized spacial score (nSPS) is 11.5. The molecule has 0 unspecified atom stereocenters. The molecule has 0 heterocycles. The predicted molar refractivity (Wildman–Crippen MR) is 56.0 cm³/mol. The van der Waals surface area contributed by atoms with Crippen molar-refractivity contribution in [3.63, 3.8) is 0 Å². The largest absolute Gasteiger partial charge is 0.382 e. The predicted octanol–water partition coefficient (Wildman–Crippen LogP) is 0.00660. The summed E-state index contributed by atoms with van der Waals surface area (Å²) in [4.78, 5) is 0. The number of benzene rings is 1. The molecule has 0 aliphatic carbocycles. The molecule has 0 aliphatic heterocycles. The molecule has 1 rings (SSSR count). The highest BCUT2D eigenvalue weighted by Gasteiger charge is 2.12. The lowest BCUT2D eigenvalue weighted by molar-refractivity contribution is 0.487. The quantitative estimate of drug-likeness (QED) is 0.588. The van der Waals surface area contributed by atoms with Crippen molar-refractivity contribution < 1.29 is 21.0 Å². The first-order valence-electron chi connectivity index (χ1n) is 4.08. The van der Waals surface area contributed by atoms with Gasteiger partial charge in [0.15, 0.2) is 0 Å². The van der Waals surface area contributed by atoms with Crippen LogP contribution in [0.5, 0.6) is 5.75 Å². The first-order chi connectivity index (χ1) is 6.99. The van der Waals surface area contributed by atoms with E-state index in [9.17, 15) is 16.8 Å². The van der Waals surface area contributed by atoms with Crippen molar-refractivity contribution in [1.29, 1.82) is 0 Å². The topological polar surface area (TPSA) is 77.5 Å². The van der Waals surface area contributed by atoms with Gasteiger partial charge < -0.3 is 4.18 Å². The van der Waals surface area contributed by atoms with Crippen LogP contribution in [0.3, 0.4) is 0 Å². The standard InChI is InChI=1S/C8H10O5S2/c9-14(10)6-7-15(11,12)13-8-4-2-1-3-5-8/h1-5,14H,6-7H2. The van der Waals surface area contributed by atoms with Crippen LogP contribution in [0.2, 0.25) is 0 Å². The van der Waals surface area contributed by atoms with Crippen LogP contribution in [0.15, 0.2) is 30.3 Å². The van der Waals surface area contributed by atoms with Crippen LogP contribution in [-0.4, -0.2) is 28.3 Å². The summed E-state index contributed by atoms with van der Waals surface area (Å²) >= 11 is 0. The van der Waals surface area contributed by atoms with Crippen LogP contribution in [0.4, 0.5) is 0 Å². The van der Waals surface area contributed by atoms with Crippen molar-refractivity contribution >= 4 is 20.8 Å². The van der Waals surface area contributed by atoms with E-state index in [0.29, 0.717) is 0 Å². The molecule has 0 saturated carbocycles. The van der Waals surface area contributed by atoms with Gasteiger partial charge in [-0.15, -0.1) is 0 Å². The Morgan fingerprint density at radius 2 is 1.73 bits per heavy atom. The van der Waals surface area contributed by atoms with E-state index in [1.165, 1.54) is 12.1 Å². The fourth-order valence-corrected chi connectivity index (χ4v) is 2.83. The van der Waals surface area contributed by atoms with Gasteiger partial charge in [0.1, 0.15) is 16.5 Å². The van der Waals surface area contributed by atoms with E-state index in [2.05, 4.69) is 4.18 Å². The lowest BCUT2D eigenvalue weighted by Gasteiger charge is -2.04. The van der Waals surface area contributed by atoms with Crippen LogP contribution < -0.4 is 4.18 Å². The Kier molecular flexibility index (Phi) is 4.10. The van der Waals surface area contributed by atoms with Gasteiger partial charge >= 0.3 is 10.1 Å². The first kappa shape index (κ1) is 12.0. The molecule has 1 aromatic carbocycles. The first-order valence-corrected chi connectivity index (χ1v) is 7.02. The smallest absolute Gasteiger partial charge is 0.310 e. The zero-order chi connectivity index (χ0) is 11.3. The molecule has 0 saturated heterocycles. The molecule has 0 amide bonds. The molecule has 7 heteroatoms. The monoisotopic (exact) mass is 250 g/mol. The molecule has 0 aliphatic rings. The van der Waals surface area contributed by atoms with Crippen LogP contribution in [0, 0.1) is 0 Å². The third-order valence-electron chi connectivity index (χ3n) is 1.49. The Morgan fingerprint density at radius 1 is 1.13 bits per heavy atom. The Bertz CT molecular complexity index is 467. The molecule has 0 radical (unpaired) electrons. The second kappa shape index (κ2) is 5.13. The lowest BCUT2D eigenvalue weighted by atomic mass is 10.3. The van der Waals surface area contributed by atoms with Crippen molar-refractivity contribution in [1.82, 2.24) is 0 Å². The van der Waals surface area contributed by atoms with E-state index in [1.807, 2.05) is 0 Å². The molecule has 1 aromatic rings. The maximum atomic E-state index is 11.2. The molecule has 84 valence electrons. The van der Waals surface area contributed by atoms with Gasteiger partial charge in [0.25, 0.3) is 0 Å². The molecular formula is C8H10O5S2. The van der Waals surface area contributed by atoms with Crippen molar-refractivity contribution in [3.8, 4) is 5.75 Å². The summed E-state index contributed by atoms with van der Waals surface area (Å²) in [7, 11) is -6.51. The Morgan fingerprint density at radius 3 is 2.27 bits per heavy atom. The summed E-state index contributed by atoms with van der Waals surface area (Å²) in [5, 5.41) is 0. The number of hydrogen-bond acceptors (Lipinski definition) is 5. The summed E-state index contributed by atoms with van der Waals surface area (Å²) < 4.78 is 47.5. The van der Waals surface area contributed by atoms with E-state index in [4.69, 9.17) is 0 Å². The van der Waals surface area contributed by atoms with Gasteiger partial charge in [0.2, 0.25) is 0 Å². The average Bonchev–Trinajstić information content (AvgIpc) is 2.16. The molecule has 0 atom stereocenters. The Balaban J connectivity index is 2.65. The molecule has 0 N–H and O–H groups in total. The van der Waals surface area contributed by atoms with Gasteiger partial charge in [-0.3, -0.25) is 0 Å². The maximum Gasteiger partial charge on any atom is 0.310 e. The van der Waals surface area contributed by atoms with Gasteiger partial charge in [-0.05, 0) is 12.1 Å². The van der Waals surface area contributed by atoms with E-state index in [1.54, 1.807) is 18.2 Å². The van der Waals surface area contributed by atoms with Crippen molar-refractivity contribution in [2.45, 2.75) is 0 Å². The fraction of sp³-hybridized carbons (Fsp3) is 0.250. The highest BCUT2D eigenvalue weighted by Crippen LogP contribution is 2.11. The van der Waals surface area contributed by atoms with Gasteiger partial charge in [-0.2, -0.15) is 8.42 Å². The van der Waals surface area contributed by atoms with E-state index in [0.717, 1.165) is 0 Å². The minimum Gasteiger partial charge on any atom is -0.382 e. The molecule has 5 nitrogen and oxygen atoms in total. The van der Waals surface area contributed by atoms with Gasteiger partial charge in [-0.25, -0.2) is 8.42 Å². The van der Waals surface area contributed by atoms with Gasteiger partial charge in [0.05, 0.1) is 11.5 Å². The van der Waals surface area contributed by atoms with Crippen molar-refractivity contribution in [3.05, 3.63) is 30.3 Å². The third-order valence-corrected chi connectivity index (χ3v) is 3.53. The van der Waals surface area contributed by atoms with E-state index >= 15 is 0 Å². The summed E-state index contributed by atoms with van der Waals surface area (Å²) in [6.07, 6.45) is 0. The minimum absolute atomic E-state index is 0.179. The van der Waals surface area contributed by atoms with Gasteiger partial charge in [-0.1, -0.05) is 18.2 Å². The Labute approximate surface area is 89.8 Å². The maximum absolute atomic E-state index is 11.2. The van der Waals surface area contributed by atoms with Gasteiger partial charge in [0, 0.05) is 0 Å². The number of thiol groups is 1. The summed E-state index contributed by atoms with van der Waals surface area (Å²) in [6, 6.07) is 7.93. The number of para-hydroxylation sites is 1. The zero-order valence-electron chi connectivity index (χ0n) is 7.70. The van der Waals surface area contributed by atoms with E-state index in [-0.39, 0.29) is 5.75 Å². The van der Waals surface area contributed by atoms with Crippen molar-refractivity contribution in [2.24, 2.45) is 0 Å². The van der Waals surface area contributed by atoms with Crippen molar-refractivity contribution in [2.75, 3.05) is 11.5 Å². The van der Waals surface area contributed by atoms with Crippen LogP contribution in [0.25, 0.3) is 0 Å². The minimum atomic E-state index is -3.81. The fourth-order valence-electron chi connectivity index (χ4n) is 0.851. The summed E-state index contributed by atoms with van der Waals surface area (Å²) in [5.41, 5.74) is 0. The SMILES string of the molecule is O=[SH](=O)CCS(=O)(=O)Oc1ccccc1. The zero-order valence-corrected chi connectivity index (χ0v) is 9.41. The van der Waals surface area contributed by atoms with E-state index < -0.39 is 32.3 Å². The number of rotatable bonds is 5.